The van der Waals surface area contributed by atoms with Crippen LogP contribution in [0.4, 0.5) is 0 Å². The molecule has 42 valence electrons. The molecule has 0 aliphatic heterocycles. The molecule has 0 unspecified atom stereocenters. The van der Waals surface area contributed by atoms with Crippen molar-refractivity contribution >= 4 is 28.9 Å². The van der Waals surface area contributed by atoms with E-state index in [1.165, 1.54) is 11.9 Å². The first-order chi connectivity index (χ1) is 3.93. The number of imidazole rings is 1. The van der Waals surface area contributed by atoms with Gasteiger partial charge in [-0.2, -0.15) is 0 Å². The van der Waals surface area contributed by atoms with Crippen molar-refractivity contribution in [2.75, 3.05) is 0 Å². The van der Waals surface area contributed by atoms with Gasteiger partial charge in [-0.25, -0.2) is 4.98 Å². The van der Waals surface area contributed by atoms with Crippen LogP contribution in [-0.4, -0.2) is 13.7 Å². The molecule has 4 heteroatoms. The first-order valence-corrected chi connectivity index (χ1v) is 3.33. The Morgan fingerprint density at radius 2 is 2.62 bits per heavy atom. The lowest BCUT2D eigenvalue weighted by Crippen LogP contribution is -1.76. The molecule has 0 aliphatic carbocycles. The second-order valence-electron chi connectivity index (χ2n) is 1.12. The Kier molecular flexibility index (Phi) is 2.05. The zero-order chi connectivity index (χ0) is 5.82. The van der Waals surface area contributed by atoms with Crippen LogP contribution in [0.15, 0.2) is 18.7 Å². The van der Waals surface area contributed by atoms with E-state index in [9.17, 15) is 0 Å². The molecular formula is C4H4N2S2. The fourth-order valence-electron chi connectivity index (χ4n) is 0.359. The minimum absolute atomic E-state index is 1.43. The standard InChI is InChI=1S/C4H4N2S2/c7-4-8-6-2-1-5-3-6/h1-4H. The van der Waals surface area contributed by atoms with E-state index in [-0.39, 0.29) is 0 Å². The number of hydrogen-bond donors (Lipinski definition) is 0. The monoisotopic (exact) mass is 144 g/mol. The maximum absolute atomic E-state index is 4.59. The highest BCUT2D eigenvalue weighted by Crippen LogP contribution is 1.98. The predicted molar refractivity (Wildman–Crippen MR) is 38.9 cm³/mol. The van der Waals surface area contributed by atoms with Crippen molar-refractivity contribution in [3.05, 3.63) is 18.7 Å². The predicted octanol–water partition coefficient (Wildman–Crippen LogP) is 1.34. The first kappa shape index (κ1) is 5.78. The molecule has 0 atom stereocenters. The van der Waals surface area contributed by atoms with Gasteiger partial charge in [-0.1, -0.05) is 12.2 Å². The third-order valence-corrected chi connectivity index (χ3v) is 1.45. The molecule has 0 bridgehead atoms. The molecule has 0 fully saturated rings. The quantitative estimate of drug-likeness (QED) is 0.583. The summed E-state index contributed by atoms with van der Waals surface area (Å²) in [5.74, 6) is 0. The van der Waals surface area contributed by atoms with Crippen LogP contribution in [0.3, 0.4) is 0 Å². The highest BCUT2D eigenvalue weighted by Gasteiger charge is 1.81. The first-order valence-electron chi connectivity index (χ1n) is 2.02. The third-order valence-electron chi connectivity index (χ3n) is 0.645. The Hall–Kier alpha value is -0.350. The van der Waals surface area contributed by atoms with Crippen molar-refractivity contribution in [1.29, 1.82) is 0 Å². The Balaban J connectivity index is 2.62. The normalized spacial score (nSPS) is 9.00. The molecule has 1 rings (SSSR count). The van der Waals surface area contributed by atoms with E-state index < -0.39 is 0 Å². The lowest BCUT2D eigenvalue weighted by atomic mass is 11.0. The molecule has 0 aromatic carbocycles. The van der Waals surface area contributed by atoms with Crippen molar-refractivity contribution < 1.29 is 0 Å². The van der Waals surface area contributed by atoms with Crippen LogP contribution in [0.1, 0.15) is 0 Å². The van der Waals surface area contributed by atoms with E-state index in [1.807, 2.05) is 10.2 Å². The number of aromatic nitrogens is 2. The molecule has 0 spiro atoms. The van der Waals surface area contributed by atoms with Gasteiger partial charge in [0.2, 0.25) is 0 Å². The van der Waals surface area contributed by atoms with E-state index in [4.69, 9.17) is 0 Å². The van der Waals surface area contributed by atoms with E-state index in [1.54, 1.807) is 17.2 Å². The summed E-state index contributed by atoms with van der Waals surface area (Å²) in [6.07, 6.45) is 5.26. The van der Waals surface area contributed by atoms with Crippen LogP contribution in [0.25, 0.3) is 0 Å². The minimum Gasteiger partial charge on any atom is -0.276 e. The lowest BCUT2D eigenvalue weighted by molar-refractivity contribution is 1.24. The van der Waals surface area contributed by atoms with Crippen LogP contribution in [0, 0.1) is 0 Å². The molecule has 1 aromatic rings. The molecule has 0 saturated carbocycles. The van der Waals surface area contributed by atoms with Crippen LogP contribution in [0.2, 0.25) is 0 Å². The summed E-state index contributed by atoms with van der Waals surface area (Å²) >= 11 is 6.02. The Morgan fingerprint density at radius 3 is 3.12 bits per heavy atom. The van der Waals surface area contributed by atoms with E-state index in [2.05, 4.69) is 17.2 Å². The van der Waals surface area contributed by atoms with Crippen LogP contribution in [-0.2, 0) is 0 Å². The number of nitrogens with zero attached hydrogens (tertiary/aromatic N) is 2. The molecule has 1 heterocycles. The van der Waals surface area contributed by atoms with Gasteiger partial charge in [0.25, 0.3) is 0 Å². The molecule has 2 nitrogen and oxygen atoms in total. The number of hydrogen-bond acceptors (Lipinski definition) is 3. The summed E-state index contributed by atoms with van der Waals surface area (Å²) in [6, 6.07) is 0. The molecule has 0 radical (unpaired) electrons. The molecular weight excluding hydrogens is 140 g/mol. The van der Waals surface area contributed by atoms with Crippen LogP contribution >= 0.6 is 24.2 Å². The zero-order valence-corrected chi connectivity index (χ0v) is 5.65. The summed E-state index contributed by atoms with van der Waals surface area (Å²) in [7, 11) is 0. The van der Waals surface area contributed by atoms with Gasteiger partial charge in [0.05, 0.1) is 4.70 Å². The average molecular weight is 144 g/mol. The second kappa shape index (κ2) is 2.84. The molecule has 0 amide bonds. The number of rotatable bonds is 2. The van der Waals surface area contributed by atoms with Gasteiger partial charge in [0, 0.05) is 12.4 Å². The smallest absolute Gasteiger partial charge is 0.105 e. The third kappa shape index (κ3) is 1.31. The second-order valence-corrected chi connectivity index (χ2v) is 2.53. The number of thiocarbonyl (C=S) groups is 1. The maximum Gasteiger partial charge on any atom is 0.105 e. The fourth-order valence-corrected chi connectivity index (χ4v) is 0.990. The average Bonchev–Trinajstić information content (AvgIpc) is 2.19. The molecule has 0 saturated heterocycles. The summed E-state index contributed by atoms with van der Waals surface area (Å²) in [5.41, 5.74) is 0. The minimum atomic E-state index is 1.43. The van der Waals surface area contributed by atoms with Gasteiger partial charge in [-0.3, -0.25) is 3.97 Å². The van der Waals surface area contributed by atoms with Gasteiger partial charge in [0.15, 0.2) is 0 Å². The van der Waals surface area contributed by atoms with E-state index in [0.717, 1.165) is 0 Å². The largest absolute Gasteiger partial charge is 0.276 e. The van der Waals surface area contributed by atoms with Crippen molar-refractivity contribution in [3.63, 3.8) is 0 Å². The molecule has 1 aromatic heterocycles. The van der Waals surface area contributed by atoms with Gasteiger partial charge < -0.3 is 0 Å². The van der Waals surface area contributed by atoms with E-state index in [0.29, 0.717) is 0 Å². The Bertz CT molecular complexity index is 159. The summed E-state index contributed by atoms with van der Waals surface area (Å²) < 4.78 is 3.41. The van der Waals surface area contributed by atoms with Crippen molar-refractivity contribution in [2.45, 2.75) is 0 Å². The SMILES string of the molecule is S=CSn1ccnc1. The van der Waals surface area contributed by atoms with Crippen molar-refractivity contribution in [1.82, 2.24) is 8.96 Å². The van der Waals surface area contributed by atoms with Gasteiger partial charge in [-0.15, -0.1) is 0 Å². The maximum atomic E-state index is 4.59. The summed E-state index contributed by atoms with van der Waals surface area (Å²) in [6.45, 7) is 0. The Labute approximate surface area is 57.1 Å². The molecule has 0 aliphatic rings. The summed E-state index contributed by atoms with van der Waals surface area (Å²) in [4.78, 5) is 3.82. The molecule has 0 N–H and O–H groups in total. The summed E-state index contributed by atoms with van der Waals surface area (Å²) in [5, 5.41) is 0. The Morgan fingerprint density at radius 1 is 1.75 bits per heavy atom. The van der Waals surface area contributed by atoms with Crippen molar-refractivity contribution in [3.8, 4) is 0 Å². The van der Waals surface area contributed by atoms with Crippen molar-refractivity contribution in [2.24, 2.45) is 0 Å². The van der Waals surface area contributed by atoms with Gasteiger partial charge in [-0.05, 0) is 11.9 Å². The fraction of sp³-hybridized carbons (Fsp3) is 0. The topological polar surface area (TPSA) is 17.8 Å². The zero-order valence-electron chi connectivity index (χ0n) is 4.02. The highest BCUT2D eigenvalue weighted by molar-refractivity contribution is 8.19. The lowest BCUT2D eigenvalue weighted by Gasteiger charge is -1.87. The molecule has 8 heavy (non-hydrogen) atoms. The highest BCUT2D eigenvalue weighted by atomic mass is 32.2. The van der Waals surface area contributed by atoms with Gasteiger partial charge >= 0.3 is 0 Å². The van der Waals surface area contributed by atoms with E-state index >= 15 is 0 Å². The van der Waals surface area contributed by atoms with Gasteiger partial charge in [0.1, 0.15) is 6.33 Å². The van der Waals surface area contributed by atoms with Crippen LogP contribution in [0.5, 0.6) is 0 Å². The van der Waals surface area contributed by atoms with Crippen LogP contribution < -0.4 is 0 Å².